The molecule has 0 aliphatic rings. The molecule has 0 unspecified atom stereocenters. The maximum atomic E-state index is 11.6. The summed E-state index contributed by atoms with van der Waals surface area (Å²) < 4.78 is 0. The van der Waals surface area contributed by atoms with Crippen LogP contribution >= 0.6 is 34.5 Å². The minimum atomic E-state index is -0.344. The molecule has 2 heterocycles. The van der Waals surface area contributed by atoms with Crippen molar-refractivity contribution < 1.29 is 4.79 Å². The van der Waals surface area contributed by atoms with Gasteiger partial charge in [0.1, 0.15) is 10.8 Å². The lowest BCUT2D eigenvalue weighted by atomic mass is 10.4. The average Bonchev–Trinajstić information content (AvgIpc) is 2.82. The molecule has 21 heavy (non-hydrogen) atoms. The number of aryl methyl sites for hydroxylation is 1. The van der Waals surface area contributed by atoms with Crippen LogP contribution in [0.5, 0.6) is 0 Å². The third kappa shape index (κ3) is 5.00. The topological polar surface area (TPSA) is 91.8 Å². The van der Waals surface area contributed by atoms with E-state index in [4.69, 9.17) is 23.2 Å². The van der Waals surface area contributed by atoms with E-state index in [0.29, 0.717) is 34.1 Å². The highest BCUT2D eigenvalue weighted by Crippen LogP contribution is 2.22. The van der Waals surface area contributed by atoms with Gasteiger partial charge in [0.25, 0.3) is 0 Å². The number of nitrogens with zero attached hydrogens (tertiary/aromatic N) is 3. The molecule has 112 valence electrons. The average molecular weight is 347 g/mol. The molecule has 2 amide bonds. The largest absolute Gasteiger partial charge is 0.367 e. The van der Waals surface area contributed by atoms with Gasteiger partial charge in [0, 0.05) is 19.3 Å². The summed E-state index contributed by atoms with van der Waals surface area (Å²) in [4.78, 5) is 15.6. The number of nitrogens with one attached hydrogen (secondary N) is 3. The number of rotatable bonds is 5. The van der Waals surface area contributed by atoms with Crippen LogP contribution in [0, 0.1) is 6.92 Å². The highest BCUT2D eigenvalue weighted by atomic mass is 35.5. The first-order valence-electron chi connectivity index (χ1n) is 5.94. The fraction of sp³-hybridized carbons (Fsp3) is 0.273. The van der Waals surface area contributed by atoms with Gasteiger partial charge in [0.05, 0.1) is 10.0 Å². The van der Waals surface area contributed by atoms with Crippen molar-refractivity contribution in [3.63, 3.8) is 0 Å². The lowest BCUT2D eigenvalue weighted by Gasteiger charge is -2.08. The molecular formula is C11H12Cl2N6OS. The van der Waals surface area contributed by atoms with E-state index < -0.39 is 0 Å². The number of anilines is 2. The first-order valence-corrected chi connectivity index (χ1v) is 7.51. The van der Waals surface area contributed by atoms with Crippen LogP contribution in [0.2, 0.25) is 10.0 Å². The SMILES string of the molecule is Cc1nnc(NC(=O)NCCNc2ncc(Cl)cc2Cl)s1. The molecule has 3 N–H and O–H groups in total. The summed E-state index contributed by atoms with van der Waals surface area (Å²) in [6.07, 6.45) is 1.49. The fourth-order valence-corrected chi connectivity index (χ4v) is 2.42. The van der Waals surface area contributed by atoms with Crippen LogP contribution in [0.1, 0.15) is 5.01 Å². The van der Waals surface area contributed by atoms with Crippen molar-refractivity contribution in [1.82, 2.24) is 20.5 Å². The Kier molecular flexibility index (Phi) is 5.54. The van der Waals surface area contributed by atoms with Gasteiger partial charge in [-0.3, -0.25) is 5.32 Å². The second-order valence-corrected chi connectivity index (χ2v) is 5.94. The maximum absolute atomic E-state index is 11.6. The standard InChI is InChI=1S/C11H12Cl2N6OS/c1-6-18-19-11(21-6)17-10(20)15-3-2-14-9-8(13)4-7(12)5-16-9/h4-5H,2-3H2,1H3,(H,14,16)(H2,15,17,19,20). The second-order valence-electron chi connectivity index (χ2n) is 3.92. The molecule has 0 spiro atoms. The first kappa shape index (κ1) is 15.7. The van der Waals surface area contributed by atoms with Gasteiger partial charge in [-0.25, -0.2) is 9.78 Å². The lowest BCUT2D eigenvalue weighted by molar-refractivity contribution is 0.252. The Balaban J connectivity index is 1.70. The number of hydrogen-bond donors (Lipinski definition) is 3. The third-order valence-corrected chi connectivity index (χ3v) is 3.51. The van der Waals surface area contributed by atoms with Crippen LogP contribution in [0.3, 0.4) is 0 Å². The van der Waals surface area contributed by atoms with Gasteiger partial charge in [0.15, 0.2) is 0 Å². The molecule has 0 aromatic carbocycles. The van der Waals surface area contributed by atoms with E-state index in [9.17, 15) is 4.79 Å². The number of carbonyl (C=O) groups excluding carboxylic acids is 1. The summed E-state index contributed by atoms with van der Waals surface area (Å²) >= 11 is 13.0. The van der Waals surface area contributed by atoms with Crippen molar-refractivity contribution in [3.05, 3.63) is 27.3 Å². The normalized spacial score (nSPS) is 10.2. The quantitative estimate of drug-likeness (QED) is 0.724. The van der Waals surface area contributed by atoms with E-state index >= 15 is 0 Å². The molecule has 0 aliphatic heterocycles. The van der Waals surface area contributed by atoms with Gasteiger partial charge < -0.3 is 10.6 Å². The predicted octanol–water partition coefficient (Wildman–Crippen LogP) is 2.78. The van der Waals surface area contributed by atoms with E-state index in [2.05, 4.69) is 31.1 Å². The molecule has 0 atom stereocenters. The van der Waals surface area contributed by atoms with Crippen molar-refractivity contribution in [2.45, 2.75) is 6.92 Å². The monoisotopic (exact) mass is 346 g/mol. The molecular weight excluding hydrogens is 335 g/mol. The van der Waals surface area contributed by atoms with Crippen molar-refractivity contribution in [1.29, 1.82) is 0 Å². The zero-order valence-electron chi connectivity index (χ0n) is 11.0. The van der Waals surface area contributed by atoms with E-state index in [-0.39, 0.29) is 6.03 Å². The molecule has 0 bridgehead atoms. The Morgan fingerprint density at radius 1 is 1.33 bits per heavy atom. The van der Waals surface area contributed by atoms with Crippen molar-refractivity contribution in [2.24, 2.45) is 0 Å². The Hall–Kier alpha value is -1.64. The number of hydrogen-bond acceptors (Lipinski definition) is 6. The van der Waals surface area contributed by atoms with E-state index in [1.165, 1.54) is 17.5 Å². The first-order chi connectivity index (χ1) is 10.0. The molecule has 0 radical (unpaired) electrons. The number of urea groups is 1. The predicted molar refractivity (Wildman–Crippen MR) is 84.4 cm³/mol. The van der Waals surface area contributed by atoms with Crippen LogP contribution in [0.15, 0.2) is 12.3 Å². The van der Waals surface area contributed by atoms with E-state index in [1.807, 2.05) is 6.92 Å². The van der Waals surface area contributed by atoms with Crippen molar-refractivity contribution in [2.75, 3.05) is 23.7 Å². The number of amides is 2. The van der Waals surface area contributed by atoms with Crippen molar-refractivity contribution >= 4 is 51.5 Å². The Morgan fingerprint density at radius 2 is 2.14 bits per heavy atom. The second kappa shape index (κ2) is 7.39. The summed E-state index contributed by atoms with van der Waals surface area (Å²) in [7, 11) is 0. The molecule has 2 aromatic rings. The van der Waals surface area contributed by atoms with Crippen LogP contribution in [-0.2, 0) is 0 Å². The minimum absolute atomic E-state index is 0.344. The molecule has 0 saturated heterocycles. The molecule has 10 heteroatoms. The smallest absolute Gasteiger partial charge is 0.321 e. The van der Waals surface area contributed by atoms with Crippen LogP contribution in [0.25, 0.3) is 0 Å². The number of pyridine rings is 1. The molecule has 0 aliphatic carbocycles. The summed E-state index contributed by atoms with van der Waals surface area (Å²) in [6, 6.07) is 1.25. The van der Waals surface area contributed by atoms with Gasteiger partial charge in [0.2, 0.25) is 5.13 Å². The van der Waals surface area contributed by atoms with E-state index in [1.54, 1.807) is 6.07 Å². The third-order valence-electron chi connectivity index (χ3n) is 2.26. The van der Waals surface area contributed by atoms with Gasteiger partial charge in [-0.1, -0.05) is 34.5 Å². The summed E-state index contributed by atoms with van der Waals surface area (Å²) in [5.74, 6) is 0.517. The zero-order chi connectivity index (χ0) is 15.2. The number of aromatic nitrogens is 3. The molecule has 0 fully saturated rings. The molecule has 2 aromatic heterocycles. The summed E-state index contributed by atoms with van der Waals surface area (Å²) in [6.45, 7) is 2.68. The number of carbonyl (C=O) groups is 1. The molecule has 0 saturated carbocycles. The Morgan fingerprint density at radius 3 is 2.81 bits per heavy atom. The fourth-order valence-electron chi connectivity index (χ4n) is 1.39. The molecule has 2 rings (SSSR count). The maximum Gasteiger partial charge on any atom is 0.321 e. The highest BCUT2D eigenvalue weighted by molar-refractivity contribution is 7.15. The number of halogens is 2. The highest BCUT2D eigenvalue weighted by Gasteiger charge is 2.06. The van der Waals surface area contributed by atoms with Crippen LogP contribution in [-0.4, -0.2) is 34.3 Å². The lowest BCUT2D eigenvalue weighted by Crippen LogP contribution is -2.32. The summed E-state index contributed by atoms with van der Waals surface area (Å²) in [5, 5.41) is 18.0. The zero-order valence-corrected chi connectivity index (χ0v) is 13.3. The Bertz CT molecular complexity index is 635. The van der Waals surface area contributed by atoms with Gasteiger partial charge in [-0.2, -0.15) is 0 Å². The minimum Gasteiger partial charge on any atom is -0.367 e. The van der Waals surface area contributed by atoms with Gasteiger partial charge >= 0.3 is 6.03 Å². The van der Waals surface area contributed by atoms with Crippen molar-refractivity contribution in [3.8, 4) is 0 Å². The molecule has 7 nitrogen and oxygen atoms in total. The van der Waals surface area contributed by atoms with Gasteiger partial charge in [-0.05, 0) is 13.0 Å². The Labute approximate surface area is 135 Å². The van der Waals surface area contributed by atoms with Crippen LogP contribution in [0.4, 0.5) is 15.7 Å². The van der Waals surface area contributed by atoms with Gasteiger partial charge in [-0.15, -0.1) is 10.2 Å². The summed E-state index contributed by atoms with van der Waals surface area (Å²) in [5.41, 5.74) is 0. The van der Waals surface area contributed by atoms with E-state index in [0.717, 1.165) is 5.01 Å². The van der Waals surface area contributed by atoms with Crippen LogP contribution < -0.4 is 16.0 Å².